The third kappa shape index (κ3) is 1.37. The Morgan fingerprint density at radius 1 is 1.42 bits per heavy atom. The Morgan fingerprint density at radius 2 is 2.00 bits per heavy atom. The van der Waals surface area contributed by atoms with E-state index in [2.05, 4.69) is 15.9 Å². The van der Waals surface area contributed by atoms with Crippen LogP contribution >= 0.6 is 15.9 Å². The number of rotatable bonds is 1. The van der Waals surface area contributed by atoms with E-state index in [4.69, 9.17) is 15.3 Å². The van der Waals surface area contributed by atoms with Crippen molar-refractivity contribution in [3.63, 3.8) is 0 Å². The second-order valence-electron chi connectivity index (χ2n) is 2.18. The highest BCUT2D eigenvalue weighted by Crippen LogP contribution is 2.35. The van der Waals surface area contributed by atoms with Gasteiger partial charge in [-0.2, -0.15) is 0 Å². The van der Waals surface area contributed by atoms with Gasteiger partial charge in [0, 0.05) is 10.0 Å². The molecule has 0 aliphatic heterocycles. The maximum absolute atomic E-state index is 12.9. The number of aromatic hydroxyl groups is 2. The lowest BCUT2D eigenvalue weighted by Gasteiger charge is -2.05. The molecule has 0 radical (unpaired) electrons. The van der Waals surface area contributed by atoms with E-state index in [0.717, 1.165) is 6.07 Å². The molecular formula is C7H6BrFO3. The summed E-state index contributed by atoms with van der Waals surface area (Å²) in [6, 6.07) is 1.12. The molecule has 5 heteroatoms. The summed E-state index contributed by atoms with van der Waals surface area (Å²) in [4.78, 5) is 0. The largest absolute Gasteiger partial charge is 0.504 e. The van der Waals surface area contributed by atoms with Crippen LogP contribution < -0.4 is 0 Å². The van der Waals surface area contributed by atoms with Crippen molar-refractivity contribution >= 4 is 15.9 Å². The van der Waals surface area contributed by atoms with Gasteiger partial charge in [0.05, 0.1) is 6.61 Å². The van der Waals surface area contributed by atoms with E-state index in [1.54, 1.807) is 0 Å². The summed E-state index contributed by atoms with van der Waals surface area (Å²) in [5.41, 5.74) is -0.0784. The molecule has 0 spiro atoms. The summed E-state index contributed by atoms with van der Waals surface area (Å²) in [6.45, 7) is -0.541. The molecule has 0 atom stereocenters. The Hall–Kier alpha value is -0.810. The van der Waals surface area contributed by atoms with E-state index in [1.165, 1.54) is 0 Å². The van der Waals surface area contributed by atoms with Gasteiger partial charge in [-0.05, 0) is 6.07 Å². The highest BCUT2D eigenvalue weighted by molar-refractivity contribution is 9.10. The van der Waals surface area contributed by atoms with Crippen LogP contribution in [0.2, 0.25) is 0 Å². The molecule has 0 bridgehead atoms. The summed E-state index contributed by atoms with van der Waals surface area (Å²) in [7, 11) is 0. The predicted octanol–water partition coefficient (Wildman–Crippen LogP) is 1.49. The maximum atomic E-state index is 12.9. The molecule has 0 heterocycles. The minimum atomic E-state index is -1.01. The quantitative estimate of drug-likeness (QED) is 0.648. The van der Waals surface area contributed by atoms with Crippen LogP contribution in [0.25, 0.3) is 0 Å². The maximum Gasteiger partial charge on any atom is 0.194 e. The van der Waals surface area contributed by atoms with E-state index in [0.29, 0.717) is 0 Å². The average Bonchev–Trinajstić information content (AvgIpc) is 2.01. The first-order chi connectivity index (χ1) is 5.57. The zero-order chi connectivity index (χ0) is 9.30. The summed E-state index contributed by atoms with van der Waals surface area (Å²) < 4.78 is 13.1. The molecule has 1 aromatic carbocycles. The van der Waals surface area contributed by atoms with Gasteiger partial charge in [-0.1, -0.05) is 15.9 Å². The van der Waals surface area contributed by atoms with Crippen LogP contribution in [0.15, 0.2) is 10.5 Å². The van der Waals surface area contributed by atoms with Crippen LogP contribution in [0.1, 0.15) is 5.56 Å². The first kappa shape index (κ1) is 9.28. The van der Waals surface area contributed by atoms with E-state index in [9.17, 15) is 4.39 Å². The molecule has 3 N–H and O–H groups in total. The minimum Gasteiger partial charge on any atom is -0.504 e. The van der Waals surface area contributed by atoms with Crippen molar-refractivity contribution in [3.8, 4) is 11.5 Å². The number of aliphatic hydroxyl groups excluding tert-OH is 1. The summed E-state index contributed by atoms with van der Waals surface area (Å²) >= 11 is 2.92. The topological polar surface area (TPSA) is 60.7 Å². The van der Waals surface area contributed by atoms with Gasteiger partial charge in [-0.25, -0.2) is 4.39 Å². The number of phenolic OH excluding ortho intramolecular Hbond substituents is 2. The fourth-order valence-corrected chi connectivity index (χ4v) is 1.30. The molecule has 0 unspecified atom stereocenters. The number of phenols is 2. The molecule has 0 amide bonds. The van der Waals surface area contributed by atoms with Gasteiger partial charge in [-0.15, -0.1) is 0 Å². The molecule has 0 fully saturated rings. The van der Waals surface area contributed by atoms with E-state index >= 15 is 0 Å². The average molecular weight is 237 g/mol. The lowest BCUT2D eigenvalue weighted by molar-refractivity contribution is 0.271. The number of halogens is 2. The normalized spacial score (nSPS) is 10.2. The molecular weight excluding hydrogens is 231 g/mol. The predicted molar refractivity (Wildman–Crippen MR) is 43.4 cm³/mol. The van der Waals surface area contributed by atoms with Crippen molar-refractivity contribution in [2.75, 3.05) is 0 Å². The van der Waals surface area contributed by atoms with Crippen molar-refractivity contribution in [1.29, 1.82) is 0 Å². The zero-order valence-electron chi connectivity index (χ0n) is 5.88. The molecule has 0 saturated carbocycles. The van der Waals surface area contributed by atoms with Crippen LogP contribution in [0.4, 0.5) is 4.39 Å². The van der Waals surface area contributed by atoms with Crippen molar-refractivity contribution in [1.82, 2.24) is 0 Å². The van der Waals surface area contributed by atoms with Crippen molar-refractivity contribution < 1.29 is 19.7 Å². The zero-order valence-corrected chi connectivity index (χ0v) is 7.47. The number of hydrogen-bond donors (Lipinski definition) is 3. The highest BCUT2D eigenvalue weighted by Gasteiger charge is 2.14. The van der Waals surface area contributed by atoms with Crippen molar-refractivity contribution in [2.45, 2.75) is 6.61 Å². The molecule has 0 aliphatic rings. The van der Waals surface area contributed by atoms with E-state index in [1.807, 2.05) is 0 Å². The van der Waals surface area contributed by atoms with Crippen LogP contribution in [0.5, 0.6) is 11.5 Å². The van der Waals surface area contributed by atoms with Crippen LogP contribution in [0.3, 0.4) is 0 Å². The molecule has 12 heavy (non-hydrogen) atoms. The van der Waals surface area contributed by atoms with Gasteiger partial charge in [0.2, 0.25) is 0 Å². The van der Waals surface area contributed by atoms with Gasteiger partial charge < -0.3 is 15.3 Å². The fourth-order valence-electron chi connectivity index (χ4n) is 0.781. The Kier molecular flexibility index (Phi) is 2.54. The fraction of sp³-hybridized carbons (Fsp3) is 0.143. The van der Waals surface area contributed by atoms with Crippen molar-refractivity contribution in [2.24, 2.45) is 0 Å². The Balaban J connectivity index is 3.40. The molecule has 0 aromatic heterocycles. The number of aliphatic hydroxyl groups is 1. The Bertz CT molecular complexity index is 314. The summed E-state index contributed by atoms with van der Waals surface area (Å²) in [5.74, 6) is -2.41. The van der Waals surface area contributed by atoms with Crippen LogP contribution in [-0.4, -0.2) is 15.3 Å². The first-order valence-corrected chi connectivity index (χ1v) is 3.87. The lowest BCUT2D eigenvalue weighted by atomic mass is 10.2. The monoisotopic (exact) mass is 236 g/mol. The second-order valence-corrected chi connectivity index (χ2v) is 3.03. The number of benzene rings is 1. The van der Waals surface area contributed by atoms with E-state index in [-0.39, 0.29) is 10.0 Å². The number of hydrogen-bond acceptors (Lipinski definition) is 3. The molecule has 3 nitrogen and oxygen atoms in total. The van der Waals surface area contributed by atoms with Gasteiger partial charge in [0.25, 0.3) is 0 Å². The van der Waals surface area contributed by atoms with E-state index < -0.39 is 23.9 Å². The molecule has 1 aromatic rings. The van der Waals surface area contributed by atoms with Gasteiger partial charge in [0.15, 0.2) is 17.3 Å². The first-order valence-electron chi connectivity index (χ1n) is 3.07. The lowest BCUT2D eigenvalue weighted by Crippen LogP contribution is -1.92. The third-order valence-corrected chi connectivity index (χ3v) is 2.13. The molecule has 0 aliphatic carbocycles. The highest BCUT2D eigenvalue weighted by atomic mass is 79.9. The van der Waals surface area contributed by atoms with Crippen molar-refractivity contribution in [3.05, 3.63) is 21.9 Å². The molecule has 66 valence electrons. The second kappa shape index (κ2) is 3.28. The van der Waals surface area contributed by atoms with Crippen LogP contribution in [0, 0.1) is 5.82 Å². The third-order valence-electron chi connectivity index (χ3n) is 1.43. The summed E-state index contributed by atoms with van der Waals surface area (Å²) in [6.07, 6.45) is 0. The van der Waals surface area contributed by atoms with Gasteiger partial charge in [-0.3, -0.25) is 0 Å². The SMILES string of the molecule is OCc1c(Br)cc(O)c(O)c1F. The Morgan fingerprint density at radius 3 is 2.50 bits per heavy atom. The van der Waals surface area contributed by atoms with Crippen LogP contribution in [-0.2, 0) is 6.61 Å². The Labute approximate surface area is 76.2 Å². The summed E-state index contributed by atoms with van der Waals surface area (Å²) in [5, 5.41) is 26.4. The standard InChI is InChI=1S/C7H6BrFO3/c8-4-1-5(11)7(12)6(9)3(4)2-10/h1,10-12H,2H2. The molecule has 1 rings (SSSR count). The van der Waals surface area contributed by atoms with Gasteiger partial charge >= 0.3 is 0 Å². The molecule has 0 saturated heterocycles. The van der Waals surface area contributed by atoms with Gasteiger partial charge in [0.1, 0.15) is 0 Å². The minimum absolute atomic E-state index is 0.0784. The smallest absolute Gasteiger partial charge is 0.194 e.